The van der Waals surface area contributed by atoms with Crippen LogP contribution in [0.5, 0.6) is 0 Å². The van der Waals surface area contributed by atoms with Crippen LogP contribution in [0.25, 0.3) is 10.8 Å². The minimum Gasteiger partial charge on any atom is -0.360 e. The quantitative estimate of drug-likeness (QED) is 0.565. The Kier molecular flexibility index (Phi) is 5.65. The van der Waals surface area contributed by atoms with E-state index in [0.29, 0.717) is 12.2 Å². The second kappa shape index (κ2) is 8.52. The van der Waals surface area contributed by atoms with Crippen LogP contribution in [0.15, 0.2) is 51.9 Å². The molecule has 2 aromatic carbocycles. The Morgan fingerprint density at radius 2 is 1.74 bits per heavy atom. The summed E-state index contributed by atoms with van der Waals surface area (Å²) in [6.07, 6.45) is 0.152. The summed E-state index contributed by atoms with van der Waals surface area (Å²) < 4.78 is 32.5. The molecule has 0 spiro atoms. The maximum absolute atomic E-state index is 13.2. The van der Waals surface area contributed by atoms with Crippen LogP contribution in [0.3, 0.4) is 0 Å². The zero-order chi connectivity index (χ0) is 24.0. The largest absolute Gasteiger partial charge is 0.360 e. The van der Waals surface area contributed by atoms with E-state index in [1.165, 1.54) is 4.31 Å². The monoisotopic (exact) mass is 482 g/mol. The molecule has 2 amide bonds. The summed E-state index contributed by atoms with van der Waals surface area (Å²) in [7, 11) is -3.75. The van der Waals surface area contributed by atoms with Crippen molar-refractivity contribution in [3.05, 3.63) is 53.9 Å². The number of rotatable bonds is 4. The third kappa shape index (κ3) is 3.76. The number of aromatic nitrogens is 1. The van der Waals surface area contributed by atoms with Crippen LogP contribution in [-0.4, -0.2) is 67.3 Å². The van der Waals surface area contributed by atoms with Crippen LogP contribution in [0.4, 0.5) is 5.69 Å². The number of piperazine rings is 1. The van der Waals surface area contributed by atoms with Crippen molar-refractivity contribution < 1.29 is 22.5 Å². The van der Waals surface area contributed by atoms with Crippen LogP contribution in [0, 0.1) is 19.8 Å². The van der Waals surface area contributed by atoms with Gasteiger partial charge in [0.15, 0.2) is 5.76 Å². The molecule has 0 N–H and O–H groups in total. The van der Waals surface area contributed by atoms with Gasteiger partial charge in [-0.15, -0.1) is 0 Å². The average Bonchev–Trinajstić information content (AvgIpc) is 3.39. The van der Waals surface area contributed by atoms with Gasteiger partial charge in [-0.25, -0.2) is 8.42 Å². The average molecular weight is 483 g/mol. The van der Waals surface area contributed by atoms with E-state index in [9.17, 15) is 18.0 Å². The highest BCUT2D eigenvalue weighted by Gasteiger charge is 2.40. The molecule has 0 saturated carbocycles. The molecule has 5 rings (SSSR count). The summed E-state index contributed by atoms with van der Waals surface area (Å²) >= 11 is 0. The molecule has 0 radical (unpaired) electrons. The van der Waals surface area contributed by atoms with Gasteiger partial charge in [-0.1, -0.05) is 41.6 Å². The van der Waals surface area contributed by atoms with Crippen LogP contribution in [-0.2, 0) is 19.6 Å². The van der Waals surface area contributed by atoms with Gasteiger partial charge in [0.05, 0.1) is 11.6 Å². The molecule has 178 valence electrons. The molecule has 1 unspecified atom stereocenters. The van der Waals surface area contributed by atoms with E-state index in [1.807, 2.05) is 42.5 Å². The Balaban J connectivity index is 1.27. The second-order valence-corrected chi connectivity index (χ2v) is 10.7. The zero-order valence-electron chi connectivity index (χ0n) is 19.1. The van der Waals surface area contributed by atoms with Gasteiger partial charge in [-0.05, 0) is 25.3 Å². The fourth-order valence-electron chi connectivity index (χ4n) is 4.93. The van der Waals surface area contributed by atoms with Crippen LogP contribution < -0.4 is 4.90 Å². The fourth-order valence-corrected chi connectivity index (χ4v) is 6.64. The van der Waals surface area contributed by atoms with Gasteiger partial charge >= 0.3 is 0 Å². The predicted octanol–water partition coefficient (Wildman–Crippen LogP) is 2.33. The van der Waals surface area contributed by atoms with Gasteiger partial charge in [0.25, 0.3) is 0 Å². The maximum Gasteiger partial charge on any atom is 0.248 e. The number of carbonyl (C=O) groups is 2. The van der Waals surface area contributed by atoms with Crippen molar-refractivity contribution in [1.82, 2.24) is 14.4 Å². The lowest BCUT2D eigenvalue weighted by molar-refractivity contribution is -0.136. The molecule has 2 aliphatic heterocycles. The highest BCUT2D eigenvalue weighted by molar-refractivity contribution is 7.89. The number of fused-ring (bicyclic) bond motifs is 1. The van der Waals surface area contributed by atoms with Gasteiger partial charge in [-0.3, -0.25) is 9.59 Å². The zero-order valence-corrected chi connectivity index (χ0v) is 19.9. The smallest absolute Gasteiger partial charge is 0.248 e. The molecular formula is C24H26N4O5S. The van der Waals surface area contributed by atoms with E-state index < -0.39 is 15.9 Å². The van der Waals surface area contributed by atoms with Gasteiger partial charge in [0.2, 0.25) is 21.8 Å². The molecule has 0 aliphatic carbocycles. The highest BCUT2D eigenvalue weighted by atomic mass is 32.2. The molecule has 2 fully saturated rings. The molecule has 3 aromatic rings. The minimum atomic E-state index is -3.75. The molecule has 2 saturated heterocycles. The molecule has 9 nitrogen and oxygen atoms in total. The first kappa shape index (κ1) is 22.5. The first-order valence-corrected chi connectivity index (χ1v) is 12.7. The normalized spacial score (nSPS) is 19.8. The van der Waals surface area contributed by atoms with Gasteiger partial charge in [-0.2, -0.15) is 4.31 Å². The van der Waals surface area contributed by atoms with Crippen molar-refractivity contribution in [3.63, 3.8) is 0 Å². The van der Waals surface area contributed by atoms with Crippen LogP contribution >= 0.6 is 0 Å². The number of carbonyl (C=O) groups excluding carboxylic acids is 2. The maximum atomic E-state index is 13.2. The van der Waals surface area contributed by atoms with Gasteiger partial charge < -0.3 is 14.3 Å². The number of sulfonamides is 1. The van der Waals surface area contributed by atoms with E-state index in [4.69, 9.17) is 4.52 Å². The topological polar surface area (TPSA) is 104 Å². The Bertz CT molecular complexity index is 1350. The number of hydrogen-bond acceptors (Lipinski definition) is 6. The van der Waals surface area contributed by atoms with E-state index in [0.717, 1.165) is 16.5 Å². The minimum absolute atomic E-state index is 0.0747. The number of anilines is 1. The first-order valence-electron chi connectivity index (χ1n) is 11.3. The van der Waals surface area contributed by atoms with Gasteiger partial charge in [0.1, 0.15) is 10.6 Å². The van der Waals surface area contributed by atoms with E-state index in [1.54, 1.807) is 23.6 Å². The summed E-state index contributed by atoms with van der Waals surface area (Å²) in [4.78, 5) is 29.5. The Morgan fingerprint density at radius 3 is 2.44 bits per heavy atom. The molecular weight excluding hydrogens is 456 g/mol. The lowest BCUT2D eigenvalue weighted by atomic mass is 10.1. The molecule has 1 aromatic heterocycles. The molecule has 2 aliphatic rings. The summed E-state index contributed by atoms with van der Waals surface area (Å²) in [5.41, 5.74) is 1.14. The SMILES string of the molecule is Cc1noc(C)c1S(=O)(=O)N1CCN(C(=O)C2CC(=O)N(c3cccc4ccccc34)C2)CC1. The fraction of sp³-hybridized carbons (Fsp3) is 0.375. The third-order valence-corrected chi connectivity index (χ3v) is 8.79. The van der Waals surface area contributed by atoms with Crippen molar-refractivity contribution in [2.45, 2.75) is 25.2 Å². The molecule has 0 bridgehead atoms. The summed E-state index contributed by atoms with van der Waals surface area (Å²) in [5.74, 6) is -0.369. The van der Waals surface area contributed by atoms with E-state index >= 15 is 0 Å². The second-order valence-electron chi connectivity index (χ2n) is 8.79. The van der Waals surface area contributed by atoms with Crippen LogP contribution in [0.2, 0.25) is 0 Å². The molecule has 10 heteroatoms. The van der Waals surface area contributed by atoms with Crippen molar-refractivity contribution in [1.29, 1.82) is 0 Å². The number of amides is 2. The van der Waals surface area contributed by atoms with E-state index in [2.05, 4.69) is 5.16 Å². The third-order valence-electron chi connectivity index (χ3n) is 6.65. The first-order chi connectivity index (χ1) is 16.3. The Hall–Kier alpha value is -3.24. The van der Waals surface area contributed by atoms with Crippen molar-refractivity contribution in [2.75, 3.05) is 37.6 Å². The molecule has 34 heavy (non-hydrogen) atoms. The number of aryl methyl sites for hydroxylation is 2. The standard InChI is InChI=1S/C24H26N4O5S/c1-16-23(17(2)33-25-16)34(31,32)27-12-10-26(11-13-27)24(30)19-14-22(29)28(15-19)21-9-5-7-18-6-3-4-8-20(18)21/h3-9,19H,10-15H2,1-2H3. The van der Waals surface area contributed by atoms with Crippen molar-refractivity contribution in [3.8, 4) is 0 Å². The lowest BCUT2D eigenvalue weighted by Gasteiger charge is -2.35. The number of benzene rings is 2. The Labute approximate surface area is 198 Å². The summed E-state index contributed by atoms with van der Waals surface area (Å²) in [6, 6.07) is 13.7. The van der Waals surface area contributed by atoms with Crippen molar-refractivity contribution >= 4 is 38.3 Å². The molecule has 3 heterocycles. The summed E-state index contributed by atoms with van der Waals surface area (Å²) in [5, 5.41) is 5.77. The summed E-state index contributed by atoms with van der Waals surface area (Å²) in [6.45, 7) is 4.43. The predicted molar refractivity (Wildman–Crippen MR) is 126 cm³/mol. The Morgan fingerprint density at radius 1 is 1.03 bits per heavy atom. The lowest BCUT2D eigenvalue weighted by Crippen LogP contribution is -2.52. The van der Waals surface area contributed by atoms with Crippen molar-refractivity contribution in [2.24, 2.45) is 5.92 Å². The molecule has 1 atom stereocenters. The van der Waals surface area contributed by atoms with Crippen LogP contribution in [0.1, 0.15) is 17.9 Å². The highest BCUT2D eigenvalue weighted by Crippen LogP contribution is 2.32. The van der Waals surface area contributed by atoms with E-state index in [-0.39, 0.29) is 55.1 Å². The number of hydrogen-bond donors (Lipinski definition) is 0. The number of nitrogens with zero attached hydrogens (tertiary/aromatic N) is 4. The van der Waals surface area contributed by atoms with Gasteiger partial charge in [0, 0.05) is 44.5 Å².